The van der Waals surface area contributed by atoms with Crippen molar-refractivity contribution in [3.05, 3.63) is 0 Å². The van der Waals surface area contributed by atoms with Crippen molar-refractivity contribution >= 4 is 12.0 Å². The van der Waals surface area contributed by atoms with Crippen molar-refractivity contribution in [1.29, 1.82) is 0 Å². The lowest BCUT2D eigenvalue weighted by atomic mass is 9.96. The first kappa shape index (κ1) is 15.8. The van der Waals surface area contributed by atoms with E-state index < -0.39 is 18.0 Å². The molecule has 1 fully saturated rings. The number of nitrogens with zero attached hydrogens (tertiary/aromatic N) is 1. The van der Waals surface area contributed by atoms with Gasteiger partial charge in [-0.1, -0.05) is 19.8 Å². The number of likely N-dealkylation sites (N-methyl/N-ethyl adjacent to an activating group) is 1. The highest BCUT2D eigenvalue weighted by atomic mass is 16.4. The highest BCUT2D eigenvalue weighted by molar-refractivity contribution is 5.82. The molecule has 0 radical (unpaired) electrons. The summed E-state index contributed by atoms with van der Waals surface area (Å²) in [5, 5.41) is 14.2. The van der Waals surface area contributed by atoms with Crippen LogP contribution in [0.1, 0.15) is 39.0 Å². The lowest BCUT2D eigenvalue weighted by Gasteiger charge is -2.36. The van der Waals surface area contributed by atoms with E-state index in [4.69, 9.17) is 5.11 Å². The zero-order valence-electron chi connectivity index (χ0n) is 12.0. The molecule has 0 heterocycles. The highest BCUT2D eigenvalue weighted by Crippen LogP contribution is 2.32. The summed E-state index contributed by atoms with van der Waals surface area (Å²) in [4.78, 5) is 24.7. The molecule has 6 nitrogen and oxygen atoms in total. The van der Waals surface area contributed by atoms with Gasteiger partial charge in [-0.15, -0.1) is 0 Å². The minimum absolute atomic E-state index is 0.0161. The summed E-state index contributed by atoms with van der Waals surface area (Å²) in [6, 6.07) is -1.22. The van der Waals surface area contributed by atoms with Crippen LogP contribution in [-0.4, -0.2) is 54.2 Å². The molecule has 1 saturated carbocycles. The number of rotatable bonds is 6. The SMILES string of the molecule is CC[C@H](NC(=O)NCC1(N(C)C)CCCC1)C(=O)O. The fraction of sp³-hybridized carbons (Fsp3) is 0.846. The van der Waals surface area contributed by atoms with Crippen LogP contribution in [0.15, 0.2) is 0 Å². The number of hydrogen-bond donors (Lipinski definition) is 3. The Hall–Kier alpha value is -1.30. The van der Waals surface area contributed by atoms with E-state index in [-0.39, 0.29) is 5.54 Å². The summed E-state index contributed by atoms with van der Waals surface area (Å²) in [5.41, 5.74) is 0.0161. The molecule has 0 aromatic rings. The number of nitrogens with one attached hydrogen (secondary N) is 2. The largest absolute Gasteiger partial charge is 0.480 e. The molecular formula is C13H25N3O3. The maximum atomic E-state index is 11.7. The number of aliphatic carboxylic acids is 1. The molecule has 0 saturated heterocycles. The Bertz CT molecular complexity index is 325. The molecule has 6 heteroatoms. The fourth-order valence-corrected chi connectivity index (χ4v) is 2.61. The predicted octanol–water partition coefficient (Wildman–Crippen LogP) is 1.02. The van der Waals surface area contributed by atoms with Gasteiger partial charge in [0.25, 0.3) is 0 Å². The third kappa shape index (κ3) is 4.09. The van der Waals surface area contributed by atoms with Gasteiger partial charge in [0, 0.05) is 12.1 Å². The Labute approximate surface area is 114 Å². The van der Waals surface area contributed by atoms with Gasteiger partial charge in [0.05, 0.1) is 0 Å². The third-order valence-corrected chi connectivity index (χ3v) is 4.07. The average molecular weight is 271 g/mol. The van der Waals surface area contributed by atoms with Crippen LogP contribution in [0.5, 0.6) is 0 Å². The van der Waals surface area contributed by atoms with E-state index >= 15 is 0 Å². The molecule has 1 aliphatic rings. The number of amides is 2. The Morgan fingerprint density at radius 2 is 1.89 bits per heavy atom. The van der Waals surface area contributed by atoms with Crippen molar-refractivity contribution in [2.24, 2.45) is 0 Å². The molecule has 3 N–H and O–H groups in total. The van der Waals surface area contributed by atoms with Crippen molar-refractivity contribution in [3.8, 4) is 0 Å². The maximum Gasteiger partial charge on any atom is 0.326 e. The molecule has 0 aliphatic heterocycles. The topological polar surface area (TPSA) is 81.7 Å². The minimum atomic E-state index is -0.999. The van der Waals surface area contributed by atoms with Crippen LogP contribution in [0.3, 0.4) is 0 Å². The number of hydrogen-bond acceptors (Lipinski definition) is 3. The van der Waals surface area contributed by atoms with Crippen LogP contribution in [0, 0.1) is 0 Å². The molecule has 0 aromatic heterocycles. The standard InChI is InChI=1S/C13H25N3O3/c1-4-10(11(17)18)15-12(19)14-9-13(16(2)3)7-5-6-8-13/h10H,4-9H2,1-3H3,(H,17,18)(H2,14,15,19)/t10-/m0/s1. The van der Waals surface area contributed by atoms with Crippen LogP contribution < -0.4 is 10.6 Å². The molecule has 19 heavy (non-hydrogen) atoms. The van der Waals surface area contributed by atoms with Crippen molar-refractivity contribution in [1.82, 2.24) is 15.5 Å². The Kier molecular flexibility index (Phi) is 5.60. The summed E-state index contributed by atoms with van der Waals surface area (Å²) in [7, 11) is 4.05. The zero-order chi connectivity index (χ0) is 14.5. The van der Waals surface area contributed by atoms with Crippen LogP contribution in [0.2, 0.25) is 0 Å². The van der Waals surface area contributed by atoms with E-state index in [1.54, 1.807) is 6.92 Å². The Morgan fingerprint density at radius 3 is 2.32 bits per heavy atom. The minimum Gasteiger partial charge on any atom is -0.480 e. The second kappa shape index (κ2) is 6.75. The third-order valence-electron chi connectivity index (χ3n) is 4.07. The summed E-state index contributed by atoms with van der Waals surface area (Å²) >= 11 is 0. The first-order chi connectivity index (χ1) is 8.91. The molecule has 0 unspecified atom stereocenters. The average Bonchev–Trinajstić information content (AvgIpc) is 2.83. The van der Waals surface area contributed by atoms with Gasteiger partial charge in [0.1, 0.15) is 6.04 Å². The second-order valence-electron chi connectivity index (χ2n) is 5.45. The number of carboxylic acid groups (broad SMARTS) is 1. The molecule has 110 valence electrons. The van der Waals surface area contributed by atoms with E-state index in [1.165, 1.54) is 12.8 Å². The summed E-state index contributed by atoms with van der Waals surface area (Å²) in [5.74, 6) is -0.999. The van der Waals surface area contributed by atoms with Crippen LogP contribution in [-0.2, 0) is 4.79 Å². The number of carbonyl (C=O) groups is 2. The molecule has 0 aromatic carbocycles. The second-order valence-corrected chi connectivity index (χ2v) is 5.45. The molecule has 0 bridgehead atoms. The van der Waals surface area contributed by atoms with E-state index in [1.807, 2.05) is 14.1 Å². The van der Waals surface area contributed by atoms with E-state index in [0.29, 0.717) is 13.0 Å². The van der Waals surface area contributed by atoms with Crippen molar-refractivity contribution < 1.29 is 14.7 Å². The van der Waals surface area contributed by atoms with Gasteiger partial charge in [0.15, 0.2) is 0 Å². The van der Waals surface area contributed by atoms with Crippen LogP contribution in [0.25, 0.3) is 0 Å². The van der Waals surface area contributed by atoms with Crippen LogP contribution >= 0.6 is 0 Å². The van der Waals surface area contributed by atoms with E-state index in [0.717, 1.165) is 12.8 Å². The van der Waals surface area contributed by atoms with Gasteiger partial charge < -0.3 is 20.6 Å². The smallest absolute Gasteiger partial charge is 0.326 e. The molecular weight excluding hydrogens is 246 g/mol. The zero-order valence-corrected chi connectivity index (χ0v) is 12.0. The number of carbonyl (C=O) groups excluding carboxylic acids is 1. The van der Waals surface area contributed by atoms with Crippen molar-refractivity contribution in [2.45, 2.75) is 50.6 Å². The van der Waals surface area contributed by atoms with Gasteiger partial charge >= 0.3 is 12.0 Å². The van der Waals surface area contributed by atoms with E-state index in [9.17, 15) is 9.59 Å². The first-order valence-electron chi connectivity index (χ1n) is 6.86. The predicted molar refractivity (Wildman–Crippen MR) is 73.1 cm³/mol. The molecule has 2 amide bonds. The van der Waals surface area contributed by atoms with E-state index in [2.05, 4.69) is 15.5 Å². The fourth-order valence-electron chi connectivity index (χ4n) is 2.61. The summed E-state index contributed by atoms with van der Waals surface area (Å²) in [6.07, 6.45) is 4.86. The first-order valence-corrected chi connectivity index (χ1v) is 6.86. The van der Waals surface area contributed by atoms with Gasteiger partial charge in [0.2, 0.25) is 0 Å². The highest BCUT2D eigenvalue weighted by Gasteiger charge is 2.36. The monoisotopic (exact) mass is 271 g/mol. The Morgan fingerprint density at radius 1 is 1.32 bits per heavy atom. The molecule has 0 spiro atoms. The van der Waals surface area contributed by atoms with Gasteiger partial charge in [-0.2, -0.15) is 0 Å². The normalized spacial score (nSPS) is 19.2. The lowest BCUT2D eigenvalue weighted by Crippen LogP contribution is -2.54. The number of urea groups is 1. The van der Waals surface area contributed by atoms with Gasteiger partial charge in [-0.25, -0.2) is 9.59 Å². The Balaban J connectivity index is 2.46. The number of carboxylic acids is 1. The molecule has 1 aliphatic carbocycles. The maximum absolute atomic E-state index is 11.7. The summed E-state index contributed by atoms with van der Waals surface area (Å²) < 4.78 is 0. The van der Waals surface area contributed by atoms with Gasteiger partial charge in [-0.3, -0.25) is 0 Å². The quantitative estimate of drug-likeness (QED) is 0.674. The molecule has 1 rings (SSSR count). The van der Waals surface area contributed by atoms with Crippen LogP contribution in [0.4, 0.5) is 4.79 Å². The lowest BCUT2D eigenvalue weighted by molar-refractivity contribution is -0.139. The van der Waals surface area contributed by atoms with Crippen molar-refractivity contribution in [3.63, 3.8) is 0 Å². The van der Waals surface area contributed by atoms with Crippen molar-refractivity contribution in [2.75, 3.05) is 20.6 Å². The molecule has 1 atom stereocenters. The summed E-state index contributed by atoms with van der Waals surface area (Å²) in [6.45, 7) is 2.29. The van der Waals surface area contributed by atoms with Gasteiger partial charge in [-0.05, 0) is 33.4 Å².